The van der Waals surface area contributed by atoms with Gasteiger partial charge >= 0.3 is 5.97 Å². The quantitative estimate of drug-likeness (QED) is 0.380. The second-order valence-electron chi connectivity index (χ2n) is 6.22. The second kappa shape index (κ2) is 8.76. The van der Waals surface area contributed by atoms with Gasteiger partial charge in [0.25, 0.3) is 5.91 Å². The lowest BCUT2D eigenvalue weighted by molar-refractivity contribution is -0.145. The molecule has 154 valence electrons. The van der Waals surface area contributed by atoms with Gasteiger partial charge in [-0.1, -0.05) is 36.1 Å². The number of nitrogens with zero attached hydrogens (tertiary/aromatic N) is 1. The zero-order valence-corrected chi connectivity index (χ0v) is 17.6. The van der Waals surface area contributed by atoms with Crippen molar-refractivity contribution in [2.45, 2.75) is 6.92 Å². The van der Waals surface area contributed by atoms with Crippen LogP contribution in [0.1, 0.15) is 12.5 Å². The van der Waals surface area contributed by atoms with Crippen LogP contribution < -0.4 is 19.1 Å². The van der Waals surface area contributed by atoms with Gasteiger partial charge in [0, 0.05) is 6.07 Å². The van der Waals surface area contributed by atoms with Crippen molar-refractivity contribution >= 4 is 51.9 Å². The molecule has 1 saturated heterocycles. The second-order valence-corrected chi connectivity index (χ2v) is 7.89. The fraction of sp³-hybridized carbons (Fsp3) is 0.190. The van der Waals surface area contributed by atoms with E-state index in [2.05, 4.69) is 0 Å². The number of hydrogen-bond donors (Lipinski definition) is 0. The highest BCUT2D eigenvalue weighted by Crippen LogP contribution is 2.40. The number of amides is 1. The van der Waals surface area contributed by atoms with Gasteiger partial charge in [0.15, 0.2) is 22.4 Å². The minimum atomic E-state index is -0.422. The normalized spacial score (nSPS) is 16.3. The molecule has 7 nitrogen and oxygen atoms in total. The van der Waals surface area contributed by atoms with E-state index in [1.54, 1.807) is 55.5 Å². The summed E-state index contributed by atoms with van der Waals surface area (Å²) in [6.45, 7) is 2.06. The number of carbonyl (C=O) groups excluding carboxylic acids is 2. The summed E-state index contributed by atoms with van der Waals surface area (Å²) >= 11 is 6.65. The molecule has 2 aliphatic heterocycles. The van der Waals surface area contributed by atoms with Gasteiger partial charge in [0.2, 0.25) is 6.79 Å². The molecule has 0 N–H and O–H groups in total. The first kappa shape index (κ1) is 20.2. The molecule has 2 aliphatic rings. The summed E-state index contributed by atoms with van der Waals surface area (Å²) in [5.41, 5.74) is 1.44. The van der Waals surface area contributed by atoms with Gasteiger partial charge in [-0.2, -0.15) is 0 Å². The van der Waals surface area contributed by atoms with Crippen LogP contribution >= 0.6 is 24.0 Å². The number of rotatable bonds is 6. The van der Waals surface area contributed by atoms with E-state index in [-0.39, 0.29) is 19.3 Å². The Balaban J connectivity index is 1.46. The van der Waals surface area contributed by atoms with Crippen LogP contribution in [0.15, 0.2) is 47.4 Å². The molecule has 9 heteroatoms. The molecule has 4 rings (SSSR count). The third kappa shape index (κ3) is 4.27. The van der Waals surface area contributed by atoms with E-state index in [0.29, 0.717) is 38.8 Å². The SMILES string of the molecule is CCOC(=O)COc1ccc(/C=C2\SC(=S)N(c3ccc4c(c3)OCO4)C2=O)cc1. The van der Waals surface area contributed by atoms with Crippen LogP contribution in [0, 0.1) is 0 Å². The molecule has 30 heavy (non-hydrogen) atoms. The van der Waals surface area contributed by atoms with Crippen LogP contribution in [0.25, 0.3) is 6.08 Å². The molecule has 0 radical (unpaired) electrons. The molecule has 0 aliphatic carbocycles. The zero-order valence-electron chi connectivity index (χ0n) is 16.0. The van der Waals surface area contributed by atoms with Gasteiger partial charge in [0.1, 0.15) is 5.75 Å². The van der Waals surface area contributed by atoms with Crippen molar-refractivity contribution in [2.75, 3.05) is 24.9 Å². The molecule has 0 unspecified atom stereocenters. The van der Waals surface area contributed by atoms with Crippen LogP contribution in [0.5, 0.6) is 17.2 Å². The molecule has 0 bridgehead atoms. The van der Waals surface area contributed by atoms with E-state index in [1.165, 1.54) is 16.7 Å². The molecule has 0 aromatic heterocycles. The highest BCUT2D eigenvalue weighted by molar-refractivity contribution is 8.27. The summed E-state index contributed by atoms with van der Waals surface area (Å²) < 4.78 is 21.3. The lowest BCUT2D eigenvalue weighted by Crippen LogP contribution is -2.27. The molecule has 2 heterocycles. The predicted octanol–water partition coefficient (Wildman–Crippen LogP) is 3.76. The van der Waals surface area contributed by atoms with Crippen LogP contribution in [-0.4, -0.2) is 36.2 Å². The first-order valence-electron chi connectivity index (χ1n) is 9.11. The first-order valence-corrected chi connectivity index (χ1v) is 10.3. The smallest absolute Gasteiger partial charge is 0.344 e. The Morgan fingerprint density at radius 1 is 1.20 bits per heavy atom. The molecule has 0 saturated carbocycles. The fourth-order valence-corrected chi connectivity index (χ4v) is 4.17. The molecule has 2 aromatic carbocycles. The number of esters is 1. The standard InChI is InChI=1S/C21H17NO6S2/c1-2-25-19(23)11-26-15-6-3-13(4-7-15)9-18-20(24)22(21(29)30-18)14-5-8-16-17(10-14)28-12-27-16/h3-10H,2,11-12H2,1H3/b18-9-. The van der Waals surface area contributed by atoms with Gasteiger partial charge < -0.3 is 18.9 Å². The minimum absolute atomic E-state index is 0.151. The topological polar surface area (TPSA) is 74.3 Å². The van der Waals surface area contributed by atoms with E-state index < -0.39 is 5.97 Å². The van der Waals surface area contributed by atoms with Crippen molar-refractivity contribution in [1.29, 1.82) is 0 Å². The third-order valence-corrected chi connectivity index (χ3v) is 5.55. The minimum Gasteiger partial charge on any atom is -0.482 e. The fourth-order valence-electron chi connectivity index (χ4n) is 2.87. The number of benzene rings is 2. The van der Waals surface area contributed by atoms with E-state index in [0.717, 1.165) is 5.56 Å². The third-order valence-electron chi connectivity index (χ3n) is 4.25. The van der Waals surface area contributed by atoms with Crippen molar-refractivity contribution in [3.8, 4) is 17.2 Å². The van der Waals surface area contributed by atoms with Gasteiger partial charge in [-0.3, -0.25) is 9.69 Å². The number of carbonyl (C=O) groups is 2. The maximum absolute atomic E-state index is 12.9. The van der Waals surface area contributed by atoms with Gasteiger partial charge in [-0.15, -0.1) is 0 Å². The molecule has 1 amide bonds. The van der Waals surface area contributed by atoms with Crippen LogP contribution in [0.4, 0.5) is 5.69 Å². The Kier molecular flexibility index (Phi) is 5.91. The highest BCUT2D eigenvalue weighted by Gasteiger charge is 2.34. The predicted molar refractivity (Wildman–Crippen MR) is 117 cm³/mol. The lowest BCUT2D eigenvalue weighted by Gasteiger charge is -2.14. The molecular formula is C21H17NO6S2. The Morgan fingerprint density at radius 2 is 1.97 bits per heavy atom. The van der Waals surface area contributed by atoms with Gasteiger partial charge in [-0.05, 0) is 42.8 Å². The number of fused-ring (bicyclic) bond motifs is 1. The summed E-state index contributed by atoms with van der Waals surface area (Å²) in [4.78, 5) is 26.3. The molecular weight excluding hydrogens is 426 g/mol. The molecule has 0 spiro atoms. The van der Waals surface area contributed by atoms with Crippen molar-refractivity contribution in [3.63, 3.8) is 0 Å². The number of hydrogen-bond acceptors (Lipinski definition) is 8. The maximum atomic E-state index is 12.9. The molecule has 0 atom stereocenters. The molecule has 1 fully saturated rings. The summed E-state index contributed by atoms with van der Waals surface area (Å²) in [6.07, 6.45) is 1.77. The Hall–Kier alpha value is -3.04. The van der Waals surface area contributed by atoms with Crippen molar-refractivity contribution in [3.05, 3.63) is 52.9 Å². The Labute approximate surface area is 182 Å². The largest absolute Gasteiger partial charge is 0.482 e. The monoisotopic (exact) mass is 443 g/mol. The van der Waals surface area contributed by atoms with E-state index in [4.69, 9.17) is 31.2 Å². The van der Waals surface area contributed by atoms with Gasteiger partial charge in [0.05, 0.1) is 17.2 Å². The summed E-state index contributed by atoms with van der Waals surface area (Å²) in [5, 5.41) is 0. The summed E-state index contributed by atoms with van der Waals surface area (Å²) in [6, 6.07) is 12.3. The van der Waals surface area contributed by atoms with Gasteiger partial charge in [-0.25, -0.2) is 4.79 Å². The average Bonchev–Trinajstić information content (AvgIpc) is 3.31. The zero-order chi connectivity index (χ0) is 21.1. The van der Waals surface area contributed by atoms with Crippen molar-refractivity contribution in [2.24, 2.45) is 0 Å². The lowest BCUT2D eigenvalue weighted by atomic mass is 10.2. The van der Waals surface area contributed by atoms with Crippen LogP contribution in [0.3, 0.4) is 0 Å². The number of thiocarbonyl (C=S) groups is 1. The van der Waals surface area contributed by atoms with Crippen molar-refractivity contribution in [1.82, 2.24) is 0 Å². The van der Waals surface area contributed by atoms with Crippen LogP contribution in [-0.2, 0) is 14.3 Å². The maximum Gasteiger partial charge on any atom is 0.344 e. The van der Waals surface area contributed by atoms with E-state index in [9.17, 15) is 9.59 Å². The number of anilines is 1. The van der Waals surface area contributed by atoms with Crippen LogP contribution in [0.2, 0.25) is 0 Å². The average molecular weight is 444 g/mol. The van der Waals surface area contributed by atoms with E-state index >= 15 is 0 Å². The summed E-state index contributed by atoms with van der Waals surface area (Å²) in [5.74, 6) is 1.14. The van der Waals surface area contributed by atoms with Crippen molar-refractivity contribution < 1.29 is 28.5 Å². The Morgan fingerprint density at radius 3 is 2.73 bits per heavy atom. The van der Waals surface area contributed by atoms with E-state index in [1.807, 2.05) is 0 Å². The molecule has 2 aromatic rings. The highest BCUT2D eigenvalue weighted by atomic mass is 32.2. The number of ether oxygens (including phenoxy) is 4. The first-order chi connectivity index (χ1) is 14.5. The number of thioether (sulfide) groups is 1. The Bertz CT molecular complexity index is 1030. The summed E-state index contributed by atoms with van der Waals surface area (Å²) in [7, 11) is 0.